The lowest BCUT2D eigenvalue weighted by Gasteiger charge is -2.41. The Morgan fingerprint density at radius 2 is 2.07 bits per heavy atom. The number of hydrogen-bond acceptors (Lipinski definition) is 3. The van der Waals surface area contributed by atoms with E-state index in [4.69, 9.17) is 4.74 Å². The van der Waals surface area contributed by atoms with Crippen LogP contribution in [0, 0.1) is 0 Å². The first-order valence-electron chi connectivity index (χ1n) is 4.99. The summed E-state index contributed by atoms with van der Waals surface area (Å²) >= 11 is 0. The van der Waals surface area contributed by atoms with Crippen LogP contribution in [0.15, 0.2) is 0 Å². The van der Waals surface area contributed by atoms with Gasteiger partial charge in [0.25, 0.3) is 0 Å². The van der Waals surface area contributed by atoms with Crippen LogP contribution >= 0.6 is 0 Å². The zero-order chi connectivity index (χ0) is 10.8. The molecule has 0 unspecified atom stereocenters. The number of methoxy groups -OCH3 is 1. The van der Waals surface area contributed by atoms with E-state index < -0.39 is 0 Å². The molecule has 0 saturated carbocycles. The third-order valence-corrected chi connectivity index (χ3v) is 2.62. The second-order valence-electron chi connectivity index (χ2n) is 4.23. The Balaban J connectivity index is 2.25. The van der Waals surface area contributed by atoms with Crippen molar-refractivity contribution in [2.45, 2.75) is 38.9 Å². The van der Waals surface area contributed by atoms with Crippen LogP contribution in [0.3, 0.4) is 0 Å². The summed E-state index contributed by atoms with van der Waals surface area (Å²) < 4.78 is 10.4. The van der Waals surface area contributed by atoms with Gasteiger partial charge in [-0.15, -0.1) is 0 Å². The number of rotatable bonds is 3. The molecule has 1 aliphatic rings. The van der Waals surface area contributed by atoms with Gasteiger partial charge >= 0.3 is 6.09 Å². The molecule has 0 aromatic heterocycles. The highest BCUT2D eigenvalue weighted by Crippen LogP contribution is 2.22. The molecule has 1 fully saturated rings. The van der Waals surface area contributed by atoms with Crippen molar-refractivity contribution < 1.29 is 14.3 Å². The molecule has 1 amide bonds. The van der Waals surface area contributed by atoms with Gasteiger partial charge in [0.1, 0.15) is 0 Å². The predicted octanol–water partition coefficient (Wildman–Crippen LogP) is 1.64. The second kappa shape index (κ2) is 4.17. The summed E-state index contributed by atoms with van der Waals surface area (Å²) in [6.45, 7) is 7.52. The standard InChI is InChI=1S/C10H19NO3/c1-5-10(2,3)14-8-6-11(7-8)9(12)13-4/h8H,5-7H2,1-4H3. The lowest BCUT2D eigenvalue weighted by molar-refractivity contribution is -0.125. The molecule has 0 atom stereocenters. The molecule has 82 valence electrons. The van der Waals surface area contributed by atoms with Crippen molar-refractivity contribution in [2.24, 2.45) is 0 Å². The Morgan fingerprint density at radius 1 is 1.50 bits per heavy atom. The molecule has 0 bridgehead atoms. The number of carbonyl (C=O) groups is 1. The van der Waals surface area contributed by atoms with E-state index >= 15 is 0 Å². The lowest BCUT2D eigenvalue weighted by atomic mass is 10.1. The number of ether oxygens (including phenoxy) is 2. The van der Waals surface area contributed by atoms with Crippen LogP contribution in [-0.2, 0) is 9.47 Å². The van der Waals surface area contributed by atoms with Crippen molar-refractivity contribution in [3.05, 3.63) is 0 Å². The van der Waals surface area contributed by atoms with E-state index in [1.165, 1.54) is 7.11 Å². The molecule has 1 rings (SSSR count). The first-order valence-corrected chi connectivity index (χ1v) is 4.99. The highest BCUT2D eigenvalue weighted by molar-refractivity contribution is 5.68. The summed E-state index contributed by atoms with van der Waals surface area (Å²) in [5.41, 5.74) is -0.0904. The van der Waals surface area contributed by atoms with Crippen molar-refractivity contribution in [3.8, 4) is 0 Å². The van der Waals surface area contributed by atoms with Gasteiger partial charge in [-0.05, 0) is 20.3 Å². The van der Waals surface area contributed by atoms with Crippen molar-refractivity contribution >= 4 is 6.09 Å². The maximum absolute atomic E-state index is 11.0. The zero-order valence-electron chi connectivity index (χ0n) is 9.37. The Labute approximate surface area is 85.2 Å². The molecule has 14 heavy (non-hydrogen) atoms. The quantitative estimate of drug-likeness (QED) is 0.696. The van der Waals surface area contributed by atoms with Crippen molar-refractivity contribution in [3.63, 3.8) is 0 Å². The normalized spacial score (nSPS) is 17.9. The highest BCUT2D eigenvalue weighted by Gasteiger charge is 2.35. The smallest absolute Gasteiger partial charge is 0.409 e. The molecule has 0 aliphatic carbocycles. The summed E-state index contributed by atoms with van der Waals surface area (Å²) in [5, 5.41) is 0. The SMILES string of the molecule is CCC(C)(C)OC1CN(C(=O)OC)C1. The van der Waals surface area contributed by atoms with Gasteiger partial charge in [-0.1, -0.05) is 6.92 Å². The van der Waals surface area contributed by atoms with E-state index in [0.717, 1.165) is 6.42 Å². The van der Waals surface area contributed by atoms with Crippen molar-refractivity contribution in [1.29, 1.82) is 0 Å². The third kappa shape index (κ3) is 2.61. The predicted molar refractivity (Wildman–Crippen MR) is 53.2 cm³/mol. The van der Waals surface area contributed by atoms with Crippen LogP contribution < -0.4 is 0 Å². The summed E-state index contributed by atoms with van der Waals surface area (Å²) in [7, 11) is 1.40. The van der Waals surface area contributed by atoms with Crippen molar-refractivity contribution in [1.82, 2.24) is 4.90 Å². The second-order valence-corrected chi connectivity index (χ2v) is 4.23. The van der Waals surface area contributed by atoms with E-state index in [0.29, 0.717) is 13.1 Å². The van der Waals surface area contributed by atoms with E-state index in [2.05, 4.69) is 25.5 Å². The fourth-order valence-corrected chi connectivity index (χ4v) is 1.33. The molecular weight excluding hydrogens is 182 g/mol. The zero-order valence-corrected chi connectivity index (χ0v) is 9.37. The van der Waals surface area contributed by atoms with Gasteiger partial charge in [-0.25, -0.2) is 4.79 Å². The Bertz CT molecular complexity index is 209. The van der Waals surface area contributed by atoms with Crippen molar-refractivity contribution in [2.75, 3.05) is 20.2 Å². The Hall–Kier alpha value is -0.770. The molecular formula is C10H19NO3. The van der Waals surface area contributed by atoms with E-state index in [9.17, 15) is 4.79 Å². The number of hydrogen-bond donors (Lipinski definition) is 0. The molecule has 0 aromatic carbocycles. The lowest BCUT2D eigenvalue weighted by Crippen LogP contribution is -2.56. The molecule has 0 spiro atoms. The molecule has 0 radical (unpaired) electrons. The fourth-order valence-electron chi connectivity index (χ4n) is 1.33. The third-order valence-electron chi connectivity index (χ3n) is 2.62. The van der Waals surface area contributed by atoms with Crippen LogP contribution in [0.1, 0.15) is 27.2 Å². The molecule has 1 heterocycles. The highest BCUT2D eigenvalue weighted by atomic mass is 16.5. The van der Waals surface area contributed by atoms with Gasteiger partial charge in [0.15, 0.2) is 0 Å². The molecule has 4 nitrogen and oxygen atoms in total. The molecule has 1 aliphatic heterocycles. The van der Waals surface area contributed by atoms with Gasteiger partial charge in [0.05, 0.1) is 31.9 Å². The number of amides is 1. The minimum atomic E-state index is -0.265. The summed E-state index contributed by atoms with van der Waals surface area (Å²) in [6, 6.07) is 0. The van der Waals surface area contributed by atoms with Gasteiger partial charge in [0.2, 0.25) is 0 Å². The van der Waals surface area contributed by atoms with Crippen LogP contribution in [0.5, 0.6) is 0 Å². The van der Waals surface area contributed by atoms with Gasteiger partial charge in [0, 0.05) is 0 Å². The Morgan fingerprint density at radius 3 is 2.50 bits per heavy atom. The molecule has 4 heteroatoms. The van der Waals surface area contributed by atoms with E-state index in [1.54, 1.807) is 4.90 Å². The monoisotopic (exact) mass is 201 g/mol. The maximum atomic E-state index is 11.0. The average molecular weight is 201 g/mol. The summed E-state index contributed by atoms with van der Waals surface area (Å²) in [5.74, 6) is 0. The first-order chi connectivity index (χ1) is 6.48. The molecule has 1 saturated heterocycles. The average Bonchev–Trinajstić information content (AvgIpc) is 2.09. The fraction of sp³-hybridized carbons (Fsp3) is 0.900. The summed E-state index contributed by atoms with van der Waals surface area (Å²) in [6.07, 6.45) is 0.880. The van der Waals surface area contributed by atoms with Gasteiger partial charge in [-0.3, -0.25) is 0 Å². The summed E-state index contributed by atoms with van der Waals surface area (Å²) in [4.78, 5) is 12.7. The molecule has 0 N–H and O–H groups in total. The molecule has 0 aromatic rings. The first kappa shape index (κ1) is 11.3. The van der Waals surface area contributed by atoms with E-state index in [-0.39, 0.29) is 17.8 Å². The number of likely N-dealkylation sites (tertiary alicyclic amines) is 1. The maximum Gasteiger partial charge on any atom is 0.409 e. The Kier molecular flexibility index (Phi) is 3.37. The topological polar surface area (TPSA) is 38.8 Å². The van der Waals surface area contributed by atoms with Crippen LogP contribution in [-0.4, -0.2) is 42.9 Å². The largest absolute Gasteiger partial charge is 0.453 e. The van der Waals surface area contributed by atoms with Gasteiger partial charge in [-0.2, -0.15) is 0 Å². The number of carbonyl (C=O) groups excluding carboxylic acids is 1. The van der Waals surface area contributed by atoms with Gasteiger partial charge < -0.3 is 14.4 Å². The van der Waals surface area contributed by atoms with Crippen LogP contribution in [0.4, 0.5) is 4.79 Å². The number of nitrogens with zero attached hydrogens (tertiary/aromatic N) is 1. The van der Waals surface area contributed by atoms with Crippen LogP contribution in [0.2, 0.25) is 0 Å². The van der Waals surface area contributed by atoms with E-state index in [1.807, 2.05) is 0 Å². The minimum absolute atomic E-state index is 0.0904. The van der Waals surface area contributed by atoms with Crippen LogP contribution in [0.25, 0.3) is 0 Å². The minimum Gasteiger partial charge on any atom is -0.453 e.